The maximum Gasteiger partial charge on any atom is 0.326 e. The lowest BCUT2D eigenvalue weighted by Gasteiger charge is -2.23. The van der Waals surface area contributed by atoms with Crippen LogP contribution in [0.5, 0.6) is 0 Å². The minimum Gasteiger partial charge on any atom is -0.480 e. The van der Waals surface area contributed by atoms with Gasteiger partial charge in [0.15, 0.2) is 9.84 Å². The zero-order chi connectivity index (χ0) is 13.2. The van der Waals surface area contributed by atoms with Crippen LogP contribution < -0.4 is 5.32 Å². The summed E-state index contributed by atoms with van der Waals surface area (Å²) in [6, 6.07) is -1.94. The molecule has 8 heteroatoms. The lowest BCUT2D eigenvalue weighted by atomic mass is 10.2. The molecule has 1 saturated heterocycles. The van der Waals surface area contributed by atoms with Gasteiger partial charge in [0.1, 0.15) is 6.04 Å². The van der Waals surface area contributed by atoms with Crippen LogP contribution in [0, 0.1) is 0 Å². The molecule has 2 N–H and O–H groups in total. The van der Waals surface area contributed by atoms with Crippen molar-refractivity contribution in [3.05, 3.63) is 0 Å². The number of amides is 2. The second-order valence-electron chi connectivity index (χ2n) is 4.17. The number of rotatable bonds is 3. The van der Waals surface area contributed by atoms with Crippen LogP contribution >= 0.6 is 0 Å². The van der Waals surface area contributed by atoms with Gasteiger partial charge in [-0.3, -0.25) is 0 Å². The Bertz CT molecular complexity index is 419. The summed E-state index contributed by atoms with van der Waals surface area (Å²) in [7, 11) is -1.69. The fraction of sp³-hybridized carbons (Fsp3) is 0.778. The summed E-state index contributed by atoms with van der Waals surface area (Å²) in [6.45, 7) is 1.38. The first-order valence-electron chi connectivity index (χ1n) is 5.19. The van der Waals surface area contributed by atoms with Crippen molar-refractivity contribution in [1.29, 1.82) is 0 Å². The van der Waals surface area contributed by atoms with Gasteiger partial charge >= 0.3 is 12.0 Å². The van der Waals surface area contributed by atoms with E-state index in [1.54, 1.807) is 0 Å². The molecule has 1 aliphatic heterocycles. The number of sulfone groups is 1. The molecule has 0 aliphatic carbocycles. The molecule has 17 heavy (non-hydrogen) atoms. The number of hydrogen-bond donors (Lipinski definition) is 2. The first-order valence-corrected chi connectivity index (χ1v) is 7.01. The molecule has 0 saturated carbocycles. The molecule has 2 amide bonds. The van der Waals surface area contributed by atoms with E-state index < -0.39 is 33.9 Å². The van der Waals surface area contributed by atoms with E-state index in [0.717, 1.165) is 4.90 Å². The molecule has 1 aliphatic rings. The molecule has 1 fully saturated rings. The smallest absolute Gasteiger partial charge is 0.326 e. The summed E-state index contributed by atoms with van der Waals surface area (Å²) in [5.41, 5.74) is 0. The average molecular weight is 264 g/mol. The summed E-state index contributed by atoms with van der Waals surface area (Å²) in [6.07, 6.45) is 0.378. The number of carbonyl (C=O) groups is 2. The molecule has 0 spiro atoms. The van der Waals surface area contributed by atoms with E-state index in [9.17, 15) is 18.0 Å². The summed E-state index contributed by atoms with van der Waals surface area (Å²) in [5.74, 6) is -1.12. The van der Waals surface area contributed by atoms with Crippen LogP contribution in [0.3, 0.4) is 0 Å². The third-order valence-corrected chi connectivity index (χ3v) is 4.59. The SMILES string of the molecule is CC(C(=O)O)N(C)C(=O)NC1CCS(=O)(=O)C1. The van der Waals surface area contributed by atoms with Crippen LogP contribution in [0.15, 0.2) is 0 Å². The van der Waals surface area contributed by atoms with Crippen molar-refractivity contribution in [2.75, 3.05) is 18.6 Å². The molecule has 0 radical (unpaired) electrons. The molecular formula is C9H16N2O5S. The lowest BCUT2D eigenvalue weighted by molar-refractivity contribution is -0.141. The molecule has 98 valence electrons. The van der Waals surface area contributed by atoms with E-state index in [1.165, 1.54) is 14.0 Å². The molecule has 1 rings (SSSR count). The van der Waals surface area contributed by atoms with E-state index in [1.807, 2.05) is 0 Å². The van der Waals surface area contributed by atoms with Crippen LogP contribution in [0.25, 0.3) is 0 Å². The number of urea groups is 1. The van der Waals surface area contributed by atoms with Gasteiger partial charge in [0, 0.05) is 13.1 Å². The van der Waals surface area contributed by atoms with Crippen molar-refractivity contribution in [3.8, 4) is 0 Å². The van der Waals surface area contributed by atoms with Crippen LogP contribution in [0.1, 0.15) is 13.3 Å². The molecule has 7 nitrogen and oxygen atoms in total. The molecule has 2 unspecified atom stereocenters. The number of likely N-dealkylation sites (N-methyl/N-ethyl adjacent to an activating group) is 1. The van der Waals surface area contributed by atoms with E-state index in [-0.39, 0.29) is 11.5 Å². The summed E-state index contributed by atoms with van der Waals surface area (Å²) in [4.78, 5) is 23.3. The zero-order valence-electron chi connectivity index (χ0n) is 9.71. The lowest BCUT2D eigenvalue weighted by Crippen LogP contribution is -2.49. The highest BCUT2D eigenvalue weighted by Crippen LogP contribution is 2.11. The predicted molar refractivity (Wildman–Crippen MR) is 60.5 cm³/mol. The molecular weight excluding hydrogens is 248 g/mol. The van der Waals surface area contributed by atoms with Gasteiger partial charge in [-0.05, 0) is 13.3 Å². The van der Waals surface area contributed by atoms with Gasteiger partial charge in [0.05, 0.1) is 11.5 Å². The van der Waals surface area contributed by atoms with Crippen molar-refractivity contribution in [3.63, 3.8) is 0 Å². The number of aliphatic carboxylic acids is 1. The Kier molecular flexibility index (Phi) is 3.97. The van der Waals surface area contributed by atoms with E-state index in [0.29, 0.717) is 6.42 Å². The second kappa shape index (κ2) is 4.91. The van der Waals surface area contributed by atoms with Gasteiger partial charge in [0.2, 0.25) is 0 Å². The minimum absolute atomic E-state index is 0.0656. The molecule has 1 heterocycles. The van der Waals surface area contributed by atoms with Crippen molar-refractivity contribution in [2.45, 2.75) is 25.4 Å². The highest BCUT2D eigenvalue weighted by Gasteiger charge is 2.31. The van der Waals surface area contributed by atoms with Gasteiger partial charge in [-0.2, -0.15) is 0 Å². The number of nitrogens with one attached hydrogen (secondary N) is 1. The predicted octanol–water partition coefficient (Wildman–Crippen LogP) is -0.712. The Balaban J connectivity index is 2.53. The highest BCUT2D eigenvalue weighted by molar-refractivity contribution is 7.91. The number of carbonyl (C=O) groups excluding carboxylic acids is 1. The molecule has 0 bridgehead atoms. The normalized spacial score (nSPS) is 24.0. The minimum atomic E-state index is -3.05. The number of hydrogen-bond acceptors (Lipinski definition) is 4. The van der Waals surface area contributed by atoms with Gasteiger partial charge in [0.25, 0.3) is 0 Å². The quantitative estimate of drug-likeness (QED) is 0.700. The largest absolute Gasteiger partial charge is 0.480 e. The Morgan fingerprint density at radius 3 is 2.47 bits per heavy atom. The molecule has 0 aromatic rings. The number of nitrogens with zero attached hydrogens (tertiary/aromatic N) is 1. The first kappa shape index (κ1) is 13.8. The second-order valence-corrected chi connectivity index (χ2v) is 6.40. The topological polar surface area (TPSA) is 104 Å². The van der Waals surface area contributed by atoms with Crippen LogP contribution in [0.4, 0.5) is 4.79 Å². The van der Waals surface area contributed by atoms with Gasteiger partial charge < -0.3 is 15.3 Å². The monoisotopic (exact) mass is 264 g/mol. The Hall–Kier alpha value is -1.31. The fourth-order valence-corrected chi connectivity index (χ4v) is 3.20. The first-order chi connectivity index (χ1) is 7.73. The maximum atomic E-state index is 11.6. The standard InChI is InChI=1S/C9H16N2O5S/c1-6(8(12)13)11(2)9(14)10-7-3-4-17(15,16)5-7/h6-7H,3-5H2,1-2H3,(H,10,14)(H,12,13). The molecule has 0 aromatic heterocycles. The zero-order valence-corrected chi connectivity index (χ0v) is 10.5. The Morgan fingerprint density at radius 1 is 1.47 bits per heavy atom. The van der Waals surface area contributed by atoms with Gasteiger partial charge in [-0.15, -0.1) is 0 Å². The van der Waals surface area contributed by atoms with Crippen molar-refractivity contribution in [2.24, 2.45) is 0 Å². The third kappa shape index (κ3) is 3.58. The van der Waals surface area contributed by atoms with Crippen LogP contribution in [-0.2, 0) is 14.6 Å². The number of carboxylic acids is 1. The average Bonchev–Trinajstić information content (AvgIpc) is 2.55. The number of carboxylic acid groups (broad SMARTS) is 1. The highest BCUT2D eigenvalue weighted by atomic mass is 32.2. The van der Waals surface area contributed by atoms with Gasteiger partial charge in [-0.25, -0.2) is 18.0 Å². The van der Waals surface area contributed by atoms with Crippen LogP contribution in [0.2, 0.25) is 0 Å². The van der Waals surface area contributed by atoms with Crippen molar-refractivity contribution >= 4 is 21.8 Å². The third-order valence-electron chi connectivity index (χ3n) is 2.82. The molecule has 0 aromatic carbocycles. The summed E-state index contributed by atoms with van der Waals surface area (Å²) in [5, 5.41) is 11.2. The summed E-state index contributed by atoms with van der Waals surface area (Å²) < 4.78 is 22.4. The molecule has 2 atom stereocenters. The maximum absolute atomic E-state index is 11.6. The van der Waals surface area contributed by atoms with Gasteiger partial charge in [-0.1, -0.05) is 0 Å². The van der Waals surface area contributed by atoms with E-state index >= 15 is 0 Å². The summed E-state index contributed by atoms with van der Waals surface area (Å²) >= 11 is 0. The fourth-order valence-electron chi connectivity index (χ4n) is 1.53. The van der Waals surface area contributed by atoms with Crippen molar-refractivity contribution < 1.29 is 23.1 Å². The van der Waals surface area contributed by atoms with E-state index in [2.05, 4.69) is 5.32 Å². The van der Waals surface area contributed by atoms with Crippen molar-refractivity contribution in [1.82, 2.24) is 10.2 Å². The van der Waals surface area contributed by atoms with Crippen LogP contribution in [-0.4, -0.2) is 61.1 Å². The van der Waals surface area contributed by atoms with E-state index in [4.69, 9.17) is 5.11 Å². The Morgan fingerprint density at radius 2 is 2.06 bits per heavy atom. The Labute approximate surface area is 99.7 Å².